The van der Waals surface area contributed by atoms with Crippen molar-refractivity contribution >= 4 is 11.9 Å². The normalized spacial score (nSPS) is 19.4. The Bertz CT molecular complexity index is 771. The SMILES string of the molecule is O=C(O)c1ccc(CNC(=O)[C@@H]2C[C@H]2c2ccc(F)c(F)c2)o1. The van der Waals surface area contributed by atoms with Gasteiger partial charge in [-0.25, -0.2) is 13.6 Å². The summed E-state index contributed by atoms with van der Waals surface area (Å²) in [5.74, 6) is -3.53. The maximum absolute atomic E-state index is 13.2. The van der Waals surface area contributed by atoms with Crippen molar-refractivity contribution in [2.75, 3.05) is 0 Å². The Morgan fingerprint density at radius 3 is 2.65 bits per heavy atom. The van der Waals surface area contributed by atoms with E-state index in [4.69, 9.17) is 9.52 Å². The Kier molecular flexibility index (Phi) is 3.85. The predicted octanol–water partition coefficient (Wildman–Crippen LogP) is 2.68. The Hall–Kier alpha value is -2.70. The van der Waals surface area contributed by atoms with E-state index in [1.54, 1.807) is 0 Å². The van der Waals surface area contributed by atoms with E-state index in [1.165, 1.54) is 18.2 Å². The second-order valence-corrected chi connectivity index (χ2v) is 5.41. The predicted molar refractivity (Wildman–Crippen MR) is 74.7 cm³/mol. The first-order chi connectivity index (χ1) is 11.0. The summed E-state index contributed by atoms with van der Waals surface area (Å²) in [5.41, 5.74) is 0.593. The summed E-state index contributed by atoms with van der Waals surface area (Å²) in [7, 11) is 0. The van der Waals surface area contributed by atoms with Crippen LogP contribution in [-0.4, -0.2) is 17.0 Å². The van der Waals surface area contributed by atoms with Gasteiger partial charge in [-0.05, 0) is 42.2 Å². The molecule has 0 spiro atoms. The van der Waals surface area contributed by atoms with Crippen LogP contribution in [0.25, 0.3) is 0 Å². The zero-order valence-electron chi connectivity index (χ0n) is 11.9. The van der Waals surface area contributed by atoms with Crippen LogP contribution in [0.15, 0.2) is 34.7 Å². The molecule has 1 aliphatic carbocycles. The highest BCUT2D eigenvalue weighted by Gasteiger charge is 2.44. The second-order valence-electron chi connectivity index (χ2n) is 5.41. The first-order valence-corrected chi connectivity index (χ1v) is 7.00. The molecule has 1 aromatic carbocycles. The summed E-state index contributed by atoms with van der Waals surface area (Å²) in [4.78, 5) is 22.7. The van der Waals surface area contributed by atoms with Gasteiger partial charge in [0.1, 0.15) is 5.76 Å². The van der Waals surface area contributed by atoms with Crippen molar-refractivity contribution in [2.45, 2.75) is 18.9 Å². The largest absolute Gasteiger partial charge is 0.475 e. The highest BCUT2D eigenvalue weighted by Crippen LogP contribution is 2.47. The number of rotatable bonds is 5. The monoisotopic (exact) mass is 321 g/mol. The maximum atomic E-state index is 13.2. The molecule has 0 unspecified atom stereocenters. The topological polar surface area (TPSA) is 79.5 Å². The number of halogens is 2. The number of furan rings is 1. The summed E-state index contributed by atoms with van der Waals surface area (Å²) in [6.45, 7) is 0.0765. The third kappa shape index (κ3) is 3.23. The quantitative estimate of drug-likeness (QED) is 0.887. The molecule has 1 amide bonds. The molecule has 5 nitrogen and oxygen atoms in total. The van der Waals surface area contributed by atoms with Gasteiger partial charge in [-0.2, -0.15) is 0 Å². The molecule has 1 aliphatic rings. The maximum Gasteiger partial charge on any atom is 0.371 e. The first-order valence-electron chi connectivity index (χ1n) is 7.00. The minimum absolute atomic E-state index is 0.0765. The molecule has 120 valence electrons. The molecule has 0 saturated heterocycles. The van der Waals surface area contributed by atoms with E-state index in [9.17, 15) is 18.4 Å². The number of carbonyl (C=O) groups excluding carboxylic acids is 1. The lowest BCUT2D eigenvalue weighted by Gasteiger charge is -2.04. The molecule has 1 saturated carbocycles. The number of benzene rings is 1. The number of carboxylic acids is 1. The van der Waals surface area contributed by atoms with E-state index < -0.39 is 17.6 Å². The average molecular weight is 321 g/mol. The molecule has 1 aromatic heterocycles. The van der Waals surface area contributed by atoms with E-state index in [0.29, 0.717) is 17.7 Å². The molecule has 2 N–H and O–H groups in total. The van der Waals surface area contributed by atoms with Gasteiger partial charge in [0.25, 0.3) is 0 Å². The van der Waals surface area contributed by atoms with Gasteiger partial charge in [0.2, 0.25) is 11.7 Å². The zero-order chi connectivity index (χ0) is 16.6. The van der Waals surface area contributed by atoms with E-state index in [-0.39, 0.29) is 30.0 Å². The van der Waals surface area contributed by atoms with Gasteiger partial charge in [0.05, 0.1) is 6.54 Å². The molecular weight excluding hydrogens is 308 g/mol. The third-order valence-corrected chi connectivity index (χ3v) is 3.81. The molecule has 0 bridgehead atoms. The lowest BCUT2D eigenvalue weighted by molar-refractivity contribution is -0.122. The number of carboxylic acid groups (broad SMARTS) is 1. The number of amides is 1. The van der Waals surface area contributed by atoms with Crippen molar-refractivity contribution in [3.63, 3.8) is 0 Å². The number of hydrogen-bond donors (Lipinski definition) is 2. The lowest BCUT2D eigenvalue weighted by atomic mass is 10.1. The Labute approximate surface area is 129 Å². The Morgan fingerprint density at radius 1 is 1.22 bits per heavy atom. The van der Waals surface area contributed by atoms with Gasteiger partial charge in [-0.3, -0.25) is 4.79 Å². The Balaban J connectivity index is 1.55. The smallest absolute Gasteiger partial charge is 0.371 e. The minimum Gasteiger partial charge on any atom is -0.475 e. The minimum atomic E-state index is -1.18. The van der Waals surface area contributed by atoms with Crippen LogP contribution < -0.4 is 5.32 Å². The molecule has 0 radical (unpaired) electrons. The second kappa shape index (κ2) is 5.83. The van der Waals surface area contributed by atoms with Crippen molar-refractivity contribution in [3.05, 3.63) is 59.1 Å². The van der Waals surface area contributed by atoms with Crippen molar-refractivity contribution in [3.8, 4) is 0 Å². The number of hydrogen-bond acceptors (Lipinski definition) is 3. The molecule has 1 fully saturated rings. The van der Waals surface area contributed by atoms with Crippen molar-refractivity contribution in [1.29, 1.82) is 0 Å². The number of carbonyl (C=O) groups is 2. The highest BCUT2D eigenvalue weighted by atomic mass is 19.2. The molecule has 3 rings (SSSR count). The summed E-state index contributed by atoms with van der Waals surface area (Å²) in [6, 6.07) is 6.42. The fourth-order valence-corrected chi connectivity index (χ4v) is 2.49. The van der Waals surface area contributed by atoms with E-state index in [0.717, 1.165) is 12.1 Å². The molecule has 1 heterocycles. The van der Waals surface area contributed by atoms with Crippen LogP contribution in [0.1, 0.15) is 34.2 Å². The molecule has 2 aromatic rings. The van der Waals surface area contributed by atoms with Crippen LogP contribution in [0.5, 0.6) is 0 Å². The fourth-order valence-electron chi connectivity index (χ4n) is 2.49. The molecule has 23 heavy (non-hydrogen) atoms. The highest BCUT2D eigenvalue weighted by molar-refractivity contribution is 5.84. The molecule has 0 aliphatic heterocycles. The Morgan fingerprint density at radius 2 is 2.00 bits per heavy atom. The molecule has 7 heteroatoms. The first kappa shape index (κ1) is 15.2. The van der Waals surface area contributed by atoms with Gasteiger partial charge in [-0.1, -0.05) is 6.07 Å². The molecule has 2 atom stereocenters. The van der Waals surface area contributed by atoms with Gasteiger partial charge in [0, 0.05) is 5.92 Å². The third-order valence-electron chi connectivity index (χ3n) is 3.81. The lowest BCUT2D eigenvalue weighted by Crippen LogP contribution is -2.24. The summed E-state index contributed by atoms with van der Waals surface area (Å²) >= 11 is 0. The van der Waals surface area contributed by atoms with Gasteiger partial charge in [-0.15, -0.1) is 0 Å². The standard InChI is InChI=1S/C16H13F2NO4/c17-12-3-1-8(5-13(12)18)10-6-11(10)15(20)19-7-9-2-4-14(23-9)16(21)22/h1-5,10-11H,6-7H2,(H,19,20)(H,21,22)/t10-,11+/m0/s1. The van der Waals surface area contributed by atoms with E-state index >= 15 is 0 Å². The van der Waals surface area contributed by atoms with Crippen LogP contribution in [0, 0.1) is 17.6 Å². The summed E-state index contributed by atoms with van der Waals surface area (Å²) in [5, 5.41) is 11.4. The summed E-state index contributed by atoms with van der Waals surface area (Å²) in [6.07, 6.45) is 0.565. The van der Waals surface area contributed by atoms with E-state index in [2.05, 4.69) is 5.32 Å². The average Bonchev–Trinajstić information content (AvgIpc) is 3.17. The van der Waals surface area contributed by atoms with Crippen molar-refractivity contribution in [2.24, 2.45) is 5.92 Å². The van der Waals surface area contributed by atoms with Crippen molar-refractivity contribution < 1.29 is 27.9 Å². The fraction of sp³-hybridized carbons (Fsp3) is 0.250. The molecular formula is C16H13F2NO4. The van der Waals surface area contributed by atoms with E-state index in [1.807, 2.05) is 0 Å². The van der Waals surface area contributed by atoms with Gasteiger partial charge >= 0.3 is 5.97 Å². The van der Waals surface area contributed by atoms with Crippen LogP contribution >= 0.6 is 0 Å². The number of nitrogens with one attached hydrogen (secondary N) is 1. The zero-order valence-corrected chi connectivity index (χ0v) is 11.9. The van der Waals surface area contributed by atoms with Gasteiger partial charge in [0.15, 0.2) is 11.6 Å². The summed E-state index contributed by atoms with van der Waals surface area (Å²) < 4.78 is 31.1. The van der Waals surface area contributed by atoms with Gasteiger partial charge < -0.3 is 14.8 Å². The van der Waals surface area contributed by atoms with Crippen LogP contribution in [0.4, 0.5) is 8.78 Å². The number of aromatic carboxylic acids is 1. The van der Waals surface area contributed by atoms with Crippen LogP contribution in [-0.2, 0) is 11.3 Å². The van der Waals surface area contributed by atoms with Crippen LogP contribution in [0.3, 0.4) is 0 Å². The van der Waals surface area contributed by atoms with Crippen LogP contribution in [0.2, 0.25) is 0 Å². The van der Waals surface area contributed by atoms with Crippen molar-refractivity contribution in [1.82, 2.24) is 5.32 Å².